The fourth-order valence-electron chi connectivity index (χ4n) is 2.57. The van der Waals surface area contributed by atoms with Crippen LogP contribution in [-0.2, 0) is 16.1 Å². The van der Waals surface area contributed by atoms with Gasteiger partial charge in [-0.1, -0.05) is 24.0 Å². The molecule has 0 unspecified atom stereocenters. The molecule has 25 heavy (non-hydrogen) atoms. The number of nitrogens with zero attached hydrogens (tertiary/aromatic N) is 4. The molecule has 0 N–H and O–H groups in total. The van der Waals surface area contributed by atoms with Crippen molar-refractivity contribution in [2.45, 2.75) is 32.4 Å². The third kappa shape index (κ3) is 5.55. The maximum atomic E-state index is 11.2. The van der Waals surface area contributed by atoms with Crippen LogP contribution in [0.25, 0.3) is 0 Å². The number of thioether (sulfide) groups is 1. The largest absolute Gasteiger partial charge is 0.461 e. The van der Waals surface area contributed by atoms with Crippen LogP contribution in [0.5, 0.6) is 0 Å². The van der Waals surface area contributed by atoms with Crippen molar-refractivity contribution in [1.29, 1.82) is 0 Å². The highest BCUT2D eigenvalue weighted by Crippen LogP contribution is 2.20. The molecule has 11 heteroatoms. The highest BCUT2D eigenvalue weighted by molar-refractivity contribution is 8.22. The molecule has 1 aliphatic rings. The van der Waals surface area contributed by atoms with E-state index in [1.54, 1.807) is 11.5 Å². The Kier molecular flexibility index (Phi) is 7.45. The van der Waals surface area contributed by atoms with Crippen molar-refractivity contribution in [2.24, 2.45) is 0 Å². The number of alkyl halides is 1. The normalized spacial score (nSPS) is 15.2. The number of piperidine rings is 1. The first kappa shape index (κ1) is 19.9. The summed E-state index contributed by atoms with van der Waals surface area (Å²) in [5.41, 5.74) is 0. The molecule has 1 aromatic heterocycles. The lowest BCUT2D eigenvalue weighted by Crippen LogP contribution is -2.40. The van der Waals surface area contributed by atoms with Gasteiger partial charge in [0.05, 0.1) is 0 Å². The Morgan fingerprint density at radius 2 is 2.24 bits per heavy atom. The molecule has 1 fully saturated rings. The molecule has 1 aromatic rings. The quantitative estimate of drug-likeness (QED) is 0.234. The Balaban J connectivity index is 1.76. The van der Waals surface area contributed by atoms with Crippen molar-refractivity contribution in [3.05, 3.63) is 22.1 Å². The van der Waals surface area contributed by atoms with Gasteiger partial charge in [-0.15, -0.1) is 11.6 Å². The van der Waals surface area contributed by atoms with E-state index in [4.69, 9.17) is 28.6 Å². The van der Waals surface area contributed by atoms with Crippen molar-refractivity contribution >= 4 is 51.7 Å². The summed E-state index contributed by atoms with van der Waals surface area (Å²) in [6.07, 6.45) is 2.60. The van der Waals surface area contributed by atoms with Crippen LogP contribution < -0.4 is 0 Å². The Hall–Kier alpha value is -1.39. The number of likely N-dealkylation sites (tertiary alicyclic amines) is 1. The van der Waals surface area contributed by atoms with Gasteiger partial charge in [0.1, 0.15) is 29.0 Å². The van der Waals surface area contributed by atoms with Gasteiger partial charge in [-0.25, -0.2) is 9.55 Å². The number of rotatable bonds is 6. The zero-order valence-corrected chi connectivity index (χ0v) is 16.1. The molecular weight excluding hydrogens is 388 g/mol. The minimum Gasteiger partial charge on any atom is -0.461 e. The number of imidazole rings is 1. The zero-order valence-electron chi connectivity index (χ0n) is 13.7. The summed E-state index contributed by atoms with van der Waals surface area (Å²) in [5, 5.41) is 11.0. The van der Waals surface area contributed by atoms with E-state index in [-0.39, 0.29) is 17.8 Å². The predicted molar refractivity (Wildman–Crippen MR) is 100 cm³/mol. The Morgan fingerprint density at radius 3 is 2.84 bits per heavy atom. The van der Waals surface area contributed by atoms with Crippen molar-refractivity contribution in [1.82, 2.24) is 14.5 Å². The Bertz CT molecular complexity index is 647. The summed E-state index contributed by atoms with van der Waals surface area (Å²) >= 11 is 12.4. The molecule has 2 heterocycles. The number of thiocarbonyl (C=S) groups is 1. The van der Waals surface area contributed by atoms with Gasteiger partial charge in [0.25, 0.3) is 0 Å². The van der Waals surface area contributed by atoms with E-state index < -0.39 is 10.9 Å². The fourth-order valence-corrected chi connectivity index (χ4v) is 3.88. The molecule has 0 spiro atoms. The maximum absolute atomic E-state index is 11.2. The van der Waals surface area contributed by atoms with E-state index in [1.807, 2.05) is 0 Å². The summed E-state index contributed by atoms with van der Waals surface area (Å²) in [6.45, 7) is 3.65. The molecular formula is C14H19ClN4O4S2. The molecule has 1 aliphatic heterocycles. The second-order valence-corrected chi connectivity index (χ2v) is 7.49. The van der Waals surface area contributed by atoms with Crippen LogP contribution in [0, 0.1) is 17.0 Å². The highest BCUT2D eigenvalue weighted by Gasteiger charge is 2.24. The lowest BCUT2D eigenvalue weighted by molar-refractivity contribution is -0.392. The average Bonchev–Trinajstić information content (AvgIpc) is 2.96. The molecule has 0 aromatic carbocycles. The standard InChI is InChI=1S/C14H19ClN4O4S2/c1-10-16-9-12(19(21)22)18(10)6-7-25-14(24)17-4-2-11(3-5-17)23-13(20)8-15/h9,11H,2-8H2,1H3. The SMILES string of the molecule is Cc1ncc([N+](=O)[O-])n1CCSC(=S)N1CCC(OC(=O)CCl)CC1. The number of halogens is 1. The highest BCUT2D eigenvalue weighted by atomic mass is 35.5. The molecule has 0 aliphatic carbocycles. The molecule has 0 radical (unpaired) electrons. The predicted octanol–water partition coefficient (Wildman–Crippen LogP) is 2.36. The van der Waals surface area contributed by atoms with E-state index >= 15 is 0 Å². The van der Waals surface area contributed by atoms with Crippen LogP contribution in [0.3, 0.4) is 0 Å². The van der Waals surface area contributed by atoms with Crippen molar-refractivity contribution in [2.75, 3.05) is 24.7 Å². The van der Waals surface area contributed by atoms with E-state index in [2.05, 4.69) is 9.88 Å². The molecule has 1 saturated heterocycles. The third-order valence-electron chi connectivity index (χ3n) is 3.87. The number of aryl methyl sites for hydroxylation is 1. The first-order chi connectivity index (χ1) is 11.9. The van der Waals surface area contributed by atoms with Crippen molar-refractivity contribution in [3.8, 4) is 0 Å². The van der Waals surface area contributed by atoms with Crippen LogP contribution >= 0.6 is 35.6 Å². The van der Waals surface area contributed by atoms with E-state index in [9.17, 15) is 14.9 Å². The number of esters is 1. The zero-order chi connectivity index (χ0) is 18.4. The van der Waals surface area contributed by atoms with Crippen LogP contribution in [0.4, 0.5) is 5.82 Å². The van der Waals surface area contributed by atoms with E-state index in [1.165, 1.54) is 18.0 Å². The lowest BCUT2D eigenvalue weighted by atomic mass is 10.1. The topological polar surface area (TPSA) is 90.5 Å². The molecule has 138 valence electrons. The summed E-state index contributed by atoms with van der Waals surface area (Å²) in [7, 11) is 0. The average molecular weight is 407 g/mol. The summed E-state index contributed by atoms with van der Waals surface area (Å²) in [4.78, 5) is 27.8. The minimum absolute atomic E-state index is 0.00839. The number of hydrogen-bond donors (Lipinski definition) is 0. The van der Waals surface area contributed by atoms with Crippen LogP contribution in [0.15, 0.2) is 6.20 Å². The number of ether oxygens (including phenoxy) is 1. The second kappa shape index (κ2) is 9.35. The second-order valence-electron chi connectivity index (χ2n) is 5.50. The molecule has 0 atom stereocenters. The van der Waals surface area contributed by atoms with Gasteiger partial charge in [0, 0.05) is 38.6 Å². The molecule has 0 saturated carbocycles. The molecule has 0 bridgehead atoms. The van der Waals surface area contributed by atoms with Gasteiger partial charge in [-0.3, -0.25) is 4.79 Å². The first-order valence-corrected chi connectivity index (χ1v) is 9.69. The Labute approximate surface area is 160 Å². The van der Waals surface area contributed by atoms with Gasteiger partial charge in [0.15, 0.2) is 5.82 Å². The Morgan fingerprint density at radius 1 is 1.56 bits per heavy atom. The monoisotopic (exact) mass is 406 g/mol. The van der Waals surface area contributed by atoms with E-state index in [0.717, 1.165) is 30.3 Å². The maximum Gasteiger partial charge on any atom is 0.342 e. The van der Waals surface area contributed by atoms with Crippen LogP contribution in [-0.4, -0.2) is 60.5 Å². The molecule has 8 nitrogen and oxygen atoms in total. The fraction of sp³-hybridized carbons (Fsp3) is 0.643. The number of carbonyl (C=O) groups excluding carboxylic acids is 1. The molecule has 0 amide bonds. The van der Waals surface area contributed by atoms with Gasteiger partial charge in [-0.05, 0) is 4.92 Å². The van der Waals surface area contributed by atoms with Gasteiger partial charge < -0.3 is 19.8 Å². The van der Waals surface area contributed by atoms with Gasteiger partial charge in [-0.2, -0.15) is 0 Å². The number of nitro groups is 1. The first-order valence-electron chi connectivity index (χ1n) is 7.76. The van der Waals surface area contributed by atoms with Crippen LogP contribution in [0.2, 0.25) is 0 Å². The number of carbonyl (C=O) groups is 1. The number of hydrogen-bond acceptors (Lipinski definition) is 7. The summed E-state index contributed by atoms with van der Waals surface area (Å²) in [5.74, 6) is 0.701. The lowest BCUT2D eigenvalue weighted by Gasteiger charge is -2.32. The van der Waals surface area contributed by atoms with Gasteiger partial charge >= 0.3 is 11.8 Å². The van der Waals surface area contributed by atoms with Gasteiger partial charge in [0.2, 0.25) is 0 Å². The third-order valence-corrected chi connectivity index (χ3v) is 5.59. The minimum atomic E-state index is -0.435. The van der Waals surface area contributed by atoms with E-state index in [0.29, 0.717) is 18.1 Å². The smallest absolute Gasteiger partial charge is 0.342 e. The van der Waals surface area contributed by atoms with Crippen molar-refractivity contribution < 1.29 is 14.5 Å². The number of aromatic nitrogens is 2. The summed E-state index contributed by atoms with van der Waals surface area (Å²) < 4.78 is 7.55. The van der Waals surface area contributed by atoms with Crippen LogP contribution in [0.1, 0.15) is 18.7 Å². The van der Waals surface area contributed by atoms with Crippen molar-refractivity contribution in [3.63, 3.8) is 0 Å². The summed E-state index contributed by atoms with van der Waals surface area (Å²) in [6, 6.07) is 0. The molecule has 2 rings (SSSR count).